The highest BCUT2D eigenvalue weighted by Gasteiger charge is 2.47. The summed E-state index contributed by atoms with van der Waals surface area (Å²) >= 11 is 0. The van der Waals surface area contributed by atoms with Crippen LogP contribution in [0.15, 0.2) is 42.5 Å². The molecule has 0 saturated carbocycles. The number of amides is 1. The molecular weight excluding hydrogens is 336 g/mol. The molecule has 4 rings (SSSR count). The number of piperidine rings is 1. The molecule has 0 aromatic heterocycles. The molecule has 2 aliphatic rings. The standard InChI is InChI=1S/C23H30N2O2/c1-18(2)15-25-13-11-23(25)10-5-12-24(17-23)22(26)16-27-21-9-8-19-6-3-4-7-20(19)14-21/h3-4,6-9,14,18H,5,10-13,15-17H2,1-2H3/t23-/m0/s1. The topological polar surface area (TPSA) is 32.8 Å². The van der Waals surface area contributed by atoms with Gasteiger partial charge in [-0.3, -0.25) is 9.69 Å². The second kappa shape index (κ2) is 7.51. The zero-order chi connectivity index (χ0) is 18.9. The third kappa shape index (κ3) is 3.81. The first-order valence-corrected chi connectivity index (χ1v) is 10.2. The fourth-order valence-electron chi connectivity index (χ4n) is 4.59. The minimum Gasteiger partial charge on any atom is -0.484 e. The quantitative estimate of drug-likeness (QED) is 0.803. The predicted molar refractivity (Wildman–Crippen MR) is 109 cm³/mol. The number of carbonyl (C=O) groups is 1. The van der Waals surface area contributed by atoms with E-state index in [0.717, 1.165) is 37.2 Å². The Morgan fingerprint density at radius 1 is 1.11 bits per heavy atom. The molecule has 27 heavy (non-hydrogen) atoms. The molecule has 4 heteroatoms. The van der Waals surface area contributed by atoms with Gasteiger partial charge in [0.1, 0.15) is 5.75 Å². The Morgan fingerprint density at radius 3 is 2.67 bits per heavy atom. The predicted octanol–water partition coefficient (Wildman–Crippen LogP) is 3.94. The van der Waals surface area contributed by atoms with Gasteiger partial charge in [-0.05, 0) is 48.1 Å². The number of ether oxygens (including phenoxy) is 1. The van der Waals surface area contributed by atoms with Crippen molar-refractivity contribution in [1.29, 1.82) is 0 Å². The largest absolute Gasteiger partial charge is 0.484 e. The molecule has 1 amide bonds. The molecule has 1 spiro atoms. The van der Waals surface area contributed by atoms with E-state index in [1.807, 2.05) is 35.2 Å². The average Bonchev–Trinajstić information content (AvgIpc) is 2.69. The molecule has 2 heterocycles. The average molecular weight is 367 g/mol. The monoisotopic (exact) mass is 366 g/mol. The molecule has 2 aromatic rings. The molecule has 0 bridgehead atoms. The Balaban J connectivity index is 1.36. The number of benzene rings is 2. The van der Waals surface area contributed by atoms with Gasteiger partial charge in [0.15, 0.2) is 6.61 Å². The Morgan fingerprint density at radius 2 is 1.93 bits per heavy atom. The van der Waals surface area contributed by atoms with Crippen LogP contribution in [0.3, 0.4) is 0 Å². The van der Waals surface area contributed by atoms with Crippen LogP contribution >= 0.6 is 0 Å². The number of fused-ring (bicyclic) bond motifs is 1. The SMILES string of the molecule is CC(C)CN1CC[C@]12CCCN(C(=O)COc1ccc3ccccc3c1)C2. The van der Waals surface area contributed by atoms with Crippen LogP contribution in [-0.4, -0.2) is 54.0 Å². The van der Waals surface area contributed by atoms with Crippen LogP contribution in [0.4, 0.5) is 0 Å². The summed E-state index contributed by atoms with van der Waals surface area (Å²) in [5, 5.41) is 2.32. The summed E-state index contributed by atoms with van der Waals surface area (Å²) in [6.07, 6.45) is 3.53. The van der Waals surface area contributed by atoms with Gasteiger partial charge in [-0.1, -0.05) is 44.2 Å². The number of likely N-dealkylation sites (tertiary alicyclic amines) is 2. The molecule has 144 valence electrons. The lowest BCUT2D eigenvalue weighted by molar-refractivity contribution is -0.142. The van der Waals surface area contributed by atoms with E-state index >= 15 is 0 Å². The van der Waals surface area contributed by atoms with E-state index in [4.69, 9.17) is 4.74 Å². The first kappa shape index (κ1) is 18.3. The first-order valence-electron chi connectivity index (χ1n) is 10.2. The van der Waals surface area contributed by atoms with Gasteiger partial charge in [0.25, 0.3) is 5.91 Å². The minimum absolute atomic E-state index is 0.110. The molecule has 0 radical (unpaired) electrons. The number of rotatable bonds is 5. The van der Waals surface area contributed by atoms with Crippen LogP contribution in [0.1, 0.15) is 33.1 Å². The summed E-state index contributed by atoms with van der Waals surface area (Å²) in [6, 6.07) is 14.2. The van der Waals surface area contributed by atoms with E-state index in [2.05, 4.69) is 30.9 Å². The lowest BCUT2D eigenvalue weighted by Gasteiger charge is -2.57. The van der Waals surface area contributed by atoms with Crippen LogP contribution in [0, 0.1) is 5.92 Å². The number of hydrogen-bond acceptors (Lipinski definition) is 3. The van der Waals surface area contributed by atoms with E-state index in [1.165, 1.54) is 24.8 Å². The smallest absolute Gasteiger partial charge is 0.260 e. The number of carbonyl (C=O) groups excluding carboxylic acids is 1. The fraction of sp³-hybridized carbons (Fsp3) is 0.522. The molecule has 4 nitrogen and oxygen atoms in total. The second-order valence-electron chi connectivity index (χ2n) is 8.53. The maximum atomic E-state index is 12.8. The fourth-order valence-corrected chi connectivity index (χ4v) is 4.59. The van der Waals surface area contributed by atoms with Crippen molar-refractivity contribution < 1.29 is 9.53 Å². The molecule has 2 aromatic carbocycles. The summed E-state index contributed by atoms with van der Waals surface area (Å²) in [5.41, 5.74) is 0.223. The maximum Gasteiger partial charge on any atom is 0.260 e. The molecule has 1 atom stereocenters. The van der Waals surface area contributed by atoms with Gasteiger partial charge >= 0.3 is 0 Å². The van der Waals surface area contributed by atoms with Crippen molar-refractivity contribution in [2.45, 2.75) is 38.6 Å². The lowest BCUT2D eigenvalue weighted by atomic mass is 9.77. The van der Waals surface area contributed by atoms with Crippen LogP contribution in [0.25, 0.3) is 10.8 Å². The molecule has 2 aliphatic heterocycles. The highest BCUT2D eigenvalue weighted by molar-refractivity contribution is 5.84. The summed E-state index contributed by atoms with van der Waals surface area (Å²) < 4.78 is 5.84. The van der Waals surface area contributed by atoms with Gasteiger partial charge < -0.3 is 9.64 Å². The Kier molecular flexibility index (Phi) is 5.09. The molecule has 2 fully saturated rings. The summed E-state index contributed by atoms with van der Waals surface area (Å²) in [6.45, 7) is 8.70. The normalized spacial score (nSPS) is 23.0. The van der Waals surface area contributed by atoms with Crippen molar-refractivity contribution in [3.63, 3.8) is 0 Å². The zero-order valence-corrected chi connectivity index (χ0v) is 16.5. The van der Waals surface area contributed by atoms with Crippen molar-refractivity contribution in [2.75, 3.05) is 32.8 Å². The van der Waals surface area contributed by atoms with E-state index in [9.17, 15) is 4.79 Å². The molecule has 0 aliphatic carbocycles. The van der Waals surface area contributed by atoms with Crippen LogP contribution in [0.2, 0.25) is 0 Å². The second-order valence-corrected chi connectivity index (χ2v) is 8.53. The molecule has 2 saturated heterocycles. The summed E-state index contributed by atoms with van der Waals surface area (Å²) in [4.78, 5) is 17.4. The lowest BCUT2D eigenvalue weighted by Crippen LogP contribution is -2.68. The maximum absolute atomic E-state index is 12.8. The van der Waals surface area contributed by atoms with Crippen molar-refractivity contribution in [2.24, 2.45) is 5.92 Å². The molecule has 0 unspecified atom stereocenters. The van der Waals surface area contributed by atoms with E-state index in [0.29, 0.717) is 5.92 Å². The van der Waals surface area contributed by atoms with E-state index in [1.54, 1.807) is 0 Å². The van der Waals surface area contributed by atoms with Gasteiger partial charge in [-0.15, -0.1) is 0 Å². The summed E-state index contributed by atoms with van der Waals surface area (Å²) in [7, 11) is 0. The molecular formula is C23H30N2O2. The summed E-state index contributed by atoms with van der Waals surface area (Å²) in [5.74, 6) is 1.54. The van der Waals surface area contributed by atoms with Crippen molar-refractivity contribution in [3.8, 4) is 5.75 Å². The van der Waals surface area contributed by atoms with E-state index < -0.39 is 0 Å². The molecule has 0 N–H and O–H groups in total. The van der Waals surface area contributed by atoms with Gasteiger partial charge in [-0.2, -0.15) is 0 Å². The Bertz CT molecular complexity index is 819. The Hall–Kier alpha value is -2.07. The third-order valence-electron chi connectivity index (χ3n) is 6.09. The van der Waals surface area contributed by atoms with Gasteiger partial charge in [0.2, 0.25) is 0 Å². The zero-order valence-electron chi connectivity index (χ0n) is 16.5. The highest BCUT2D eigenvalue weighted by atomic mass is 16.5. The van der Waals surface area contributed by atoms with Gasteiger partial charge in [0.05, 0.1) is 0 Å². The van der Waals surface area contributed by atoms with Crippen LogP contribution < -0.4 is 4.74 Å². The highest BCUT2D eigenvalue weighted by Crippen LogP contribution is 2.39. The van der Waals surface area contributed by atoms with Crippen molar-refractivity contribution in [3.05, 3.63) is 42.5 Å². The van der Waals surface area contributed by atoms with Crippen molar-refractivity contribution in [1.82, 2.24) is 9.80 Å². The van der Waals surface area contributed by atoms with Crippen LogP contribution in [-0.2, 0) is 4.79 Å². The van der Waals surface area contributed by atoms with Gasteiger partial charge in [0, 0.05) is 31.7 Å². The third-order valence-corrected chi connectivity index (χ3v) is 6.09. The van der Waals surface area contributed by atoms with Crippen LogP contribution in [0.5, 0.6) is 5.75 Å². The number of hydrogen-bond donors (Lipinski definition) is 0. The first-order chi connectivity index (χ1) is 13.1. The Labute approximate surface area is 162 Å². The van der Waals surface area contributed by atoms with E-state index in [-0.39, 0.29) is 18.1 Å². The minimum atomic E-state index is 0.110. The number of nitrogens with zero attached hydrogens (tertiary/aromatic N) is 2. The van der Waals surface area contributed by atoms with Crippen molar-refractivity contribution >= 4 is 16.7 Å². The van der Waals surface area contributed by atoms with Gasteiger partial charge in [-0.25, -0.2) is 0 Å².